The van der Waals surface area contributed by atoms with E-state index >= 15 is 0 Å². The molecule has 0 aliphatic carbocycles. The lowest BCUT2D eigenvalue weighted by molar-refractivity contribution is -0.127. The summed E-state index contributed by atoms with van der Waals surface area (Å²) in [7, 11) is 0. The van der Waals surface area contributed by atoms with Crippen molar-refractivity contribution in [1.29, 1.82) is 0 Å². The number of phenolic OH excluding ortho intramolecular Hbond substituents is 1. The van der Waals surface area contributed by atoms with E-state index in [0.29, 0.717) is 19.4 Å². The second-order valence-electron chi connectivity index (χ2n) is 5.91. The molecular weight excluding hydrogens is 338 g/mol. The van der Waals surface area contributed by atoms with E-state index in [1.165, 1.54) is 12.1 Å². The molecule has 0 aliphatic rings. The molecule has 0 saturated heterocycles. The van der Waals surface area contributed by atoms with Gasteiger partial charge in [0.15, 0.2) is 5.96 Å². The van der Waals surface area contributed by atoms with Crippen molar-refractivity contribution >= 4 is 17.8 Å². The van der Waals surface area contributed by atoms with Gasteiger partial charge in [0.25, 0.3) is 0 Å². The number of rotatable bonds is 11. The van der Waals surface area contributed by atoms with E-state index in [0.717, 1.165) is 5.56 Å². The number of nitrogens with one attached hydrogen (secondary N) is 2. The Morgan fingerprint density at radius 1 is 1.15 bits per heavy atom. The maximum Gasteiger partial charge on any atom is 0.240 e. The average Bonchev–Trinajstić information content (AvgIpc) is 2.58. The van der Waals surface area contributed by atoms with Gasteiger partial charge in [-0.15, -0.1) is 0 Å². The normalized spacial score (nSPS) is 12.8. The number of benzene rings is 1. The van der Waals surface area contributed by atoms with Crippen LogP contribution in [-0.2, 0) is 16.0 Å². The van der Waals surface area contributed by atoms with E-state index in [1.807, 2.05) is 0 Å². The number of aliphatic imine (C=N–C) groups is 1. The zero-order valence-electron chi connectivity index (χ0n) is 14.5. The van der Waals surface area contributed by atoms with Gasteiger partial charge in [-0.2, -0.15) is 0 Å². The highest BCUT2D eigenvalue weighted by atomic mass is 16.3. The van der Waals surface area contributed by atoms with Crippen molar-refractivity contribution in [3.63, 3.8) is 0 Å². The van der Waals surface area contributed by atoms with Crippen LogP contribution < -0.4 is 33.8 Å². The lowest BCUT2D eigenvalue weighted by Crippen LogP contribution is -2.48. The van der Waals surface area contributed by atoms with E-state index < -0.39 is 11.9 Å². The minimum atomic E-state index is -0.855. The first-order valence-corrected chi connectivity index (χ1v) is 8.20. The Morgan fingerprint density at radius 2 is 1.81 bits per heavy atom. The van der Waals surface area contributed by atoms with Crippen LogP contribution >= 0.6 is 0 Å². The van der Waals surface area contributed by atoms with Gasteiger partial charge < -0.3 is 27.6 Å². The molecule has 1 rings (SSSR count). The Kier molecular flexibility index (Phi) is 8.88. The van der Waals surface area contributed by atoms with Crippen LogP contribution in [0.15, 0.2) is 29.3 Å². The molecule has 1 aromatic carbocycles. The number of amides is 2. The first-order chi connectivity index (χ1) is 12.3. The van der Waals surface area contributed by atoms with Gasteiger partial charge in [-0.1, -0.05) is 12.1 Å². The van der Waals surface area contributed by atoms with Crippen LogP contribution in [0.5, 0.6) is 5.75 Å². The molecule has 10 heteroatoms. The van der Waals surface area contributed by atoms with E-state index in [2.05, 4.69) is 15.7 Å². The number of phenols is 1. The molecule has 10 nitrogen and oxygen atoms in total. The van der Waals surface area contributed by atoms with E-state index in [9.17, 15) is 14.7 Å². The number of carbonyl (C=O) groups excluding carboxylic acids is 2. The predicted molar refractivity (Wildman–Crippen MR) is 98.6 cm³/mol. The molecule has 0 saturated carbocycles. The minimum Gasteiger partial charge on any atom is -0.508 e. The van der Waals surface area contributed by atoms with Gasteiger partial charge in [-0.3, -0.25) is 25.8 Å². The molecule has 0 fully saturated rings. The Labute approximate surface area is 152 Å². The molecule has 2 atom stereocenters. The lowest BCUT2D eigenvalue weighted by atomic mass is 10.0. The fourth-order valence-electron chi connectivity index (χ4n) is 2.36. The fourth-order valence-corrected chi connectivity index (χ4v) is 2.36. The summed E-state index contributed by atoms with van der Waals surface area (Å²) in [6.45, 7) is 0.437. The number of carbonyl (C=O) groups is 2. The molecule has 1 aromatic rings. The van der Waals surface area contributed by atoms with Crippen molar-refractivity contribution in [2.45, 2.75) is 37.8 Å². The van der Waals surface area contributed by atoms with Crippen molar-refractivity contribution in [1.82, 2.24) is 10.7 Å². The molecule has 0 aromatic heterocycles. The molecule has 0 radical (unpaired) electrons. The average molecular weight is 365 g/mol. The van der Waals surface area contributed by atoms with Crippen molar-refractivity contribution in [2.24, 2.45) is 28.0 Å². The third-order valence-corrected chi connectivity index (χ3v) is 3.73. The Morgan fingerprint density at radius 3 is 2.35 bits per heavy atom. The first kappa shape index (κ1) is 21.2. The van der Waals surface area contributed by atoms with Gasteiger partial charge >= 0.3 is 0 Å². The molecule has 26 heavy (non-hydrogen) atoms. The van der Waals surface area contributed by atoms with Crippen molar-refractivity contribution in [2.75, 3.05) is 6.54 Å². The molecule has 0 bridgehead atoms. The summed E-state index contributed by atoms with van der Waals surface area (Å²) in [6.07, 6.45) is 1.54. The number of nitrogens with two attached hydrogens (primary N) is 4. The molecule has 11 N–H and O–H groups in total. The van der Waals surface area contributed by atoms with E-state index in [4.69, 9.17) is 23.0 Å². The van der Waals surface area contributed by atoms with Gasteiger partial charge in [0.2, 0.25) is 11.8 Å². The first-order valence-electron chi connectivity index (χ1n) is 8.20. The zero-order valence-corrected chi connectivity index (χ0v) is 14.5. The standard InChI is InChI=1S/C16H27N7O3/c17-15(26)13(8-10-3-5-12(24)6-4-10)22-14(25)9-11(23-20)2-1-7-21-16(18)19/h3-6,11,13,23-24H,1-2,7-9,20H2,(H2,17,26)(H,22,25)(H4,18,19,21). The minimum absolute atomic E-state index is 0.0125. The van der Waals surface area contributed by atoms with Crippen LogP contribution in [0.3, 0.4) is 0 Å². The van der Waals surface area contributed by atoms with Gasteiger partial charge in [0.1, 0.15) is 11.8 Å². The monoisotopic (exact) mass is 365 g/mol. The molecule has 0 aliphatic heterocycles. The van der Waals surface area contributed by atoms with Gasteiger partial charge in [-0.05, 0) is 30.5 Å². The lowest BCUT2D eigenvalue weighted by Gasteiger charge is -2.19. The molecule has 2 amide bonds. The summed E-state index contributed by atoms with van der Waals surface area (Å²) in [5.74, 6) is 4.60. The number of nitrogens with zero attached hydrogens (tertiary/aromatic N) is 1. The number of hydrogen-bond donors (Lipinski definition) is 7. The summed E-state index contributed by atoms with van der Waals surface area (Å²) in [6, 6.07) is 5.18. The Bertz CT molecular complexity index is 615. The largest absolute Gasteiger partial charge is 0.508 e. The number of primary amides is 1. The molecule has 144 valence electrons. The Balaban J connectivity index is 2.53. The number of guanidine groups is 1. The quantitative estimate of drug-likeness (QED) is 0.0787. The van der Waals surface area contributed by atoms with E-state index in [-0.39, 0.29) is 36.5 Å². The summed E-state index contributed by atoms with van der Waals surface area (Å²) in [5, 5.41) is 11.9. The SMILES string of the molecule is NNC(CCCN=C(N)N)CC(=O)NC(Cc1ccc(O)cc1)C(N)=O. The molecular formula is C16H27N7O3. The van der Waals surface area contributed by atoms with Gasteiger partial charge in [-0.25, -0.2) is 0 Å². The fraction of sp³-hybridized carbons (Fsp3) is 0.438. The van der Waals surface area contributed by atoms with Crippen LogP contribution in [-0.4, -0.2) is 41.5 Å². The van der Waals surface area contributed by atoms with Crippen LogP contribution in [0, 0.1) is 0 Å². The summed E-state index contributed by atoms with van der Waals surface area (Å²) in [5.41, 5.74) is 19.2. The highest BCUT2D eigenvalue weighted by Crippen LogP contribution is 2.11. The molecule has 0 heterocycles. The summed E-state index contributed by atoms with van der Waals surface area (Å²) >= 11 is 0. The van der Waals surface area contributed by atoms with Crippen molar-refractivity contribution < 1.29 is 14.7 Å². The summed E-state index contributed by atoms with van der Waals surface area (Å²) in [4.78, 5) is 27.7. The second kappa shape index (κ2) is 10.9. The van der Waals surface area contributed by atoms with Crippen LogP contribution in [0.2, 0.25) is 0 Å². The van der Waals surface area contributed by atoms with E-state index in [1.54, 1.807) is 12.1 Å². The summed E-state index contributed by atoms with van der Waals surface area (Å²) < 4.78 is 0. The van der Waals surface area contributed by atoms with Gasteiger partial charge in [0, 0.05) is 25.4 Å². The predicted octanol–water partition coefficient (Wildman–Crippen LogP) is -1.82. The van der Waals surface area contributed by atoms with Crippen LogP contribution in [0.1, 0.15) is 24.8 Å². The smallest absolute Gasteiger partial charge is 0.240 e. The number of aromatic hydroxyl groups is 1. The van der Waals surface area contributed by atoms with Crippen LogP contribution in [0.4, 0.5) is 0 Å². The van der Waals surface area contributed by atoms with Gasteiger partial charge in [0.05, 0.1) is 0 Å². The second-order valence-corrected chi connectivity index (χ2v) is 5.91. The molecule has 0 spiro atoms. The third kappa shape index (κ3) is 8.31. The number of hydrogen-bond acceptors (Lipinski definition) is 6. The highest BCUT2D eigenvalue weighted by Gasteiger charge is 2.20. The number of hydrazine groups is 1. The van der Waals surface area contributed by atoms with Crippen molar-refractivity contribution in [3.05, 3.63) is 29.8 Å². The van der Waals surface area contributed by atoms with Crippen LogP contribution in [0.25, 0.3) is 0 Å². The maximum atomic E-state index is 12.2. The maximum absolute atomic E-state index is 12.2. The highest BCUT2D eigenvalue weighted by molar-refractivity contribution is 5.87. The third-order valence-electron chi connectivity index (χ3n) is 3.73. The topological polar surface area (TPSA) is 195 Å². The molecule has 2 unspecified atom stereocenters. The zero-order chi connectivity index (χ0) is 19.5. The Hall–Kier alpha value is -2.85. The van der Waals surface area contributed by atoms with Crippen molar-refractivity contribution in [3.8, 4) is 5.75 Å².